The van der Waals surface area contributed by atoms with Crippen LogP contribution in [0.15, 0.2) is 140 Å². The minimum atomic E-state index is -1.03. The molecule has 0 bridgehead atoms. The Hall–Kier alpha value is -2.66. The fraction of sp³-hybridized carbons (Fsp3) is 0. The summed E-state index contributed by atoms with van der Waals surface area (Å²) in [5.41, 5.74) is 0. The molecule has 0 aliphatic carbocycles. The van der Waals surface area contributed by atoms with Gasteiger partial charge in [-0.15, -0.1) is 12.1 Å². The maximum absolute atomic E-state index is 6.56. The van der Waals surface area contributed by atoms with Crippen molar-refractivity contribution < 1.29 is 23.6 Å². The van der Waals surface area contributed by atoms with E-state index in [1.165, 1.54) is 0 Å². The maximum Gasteiger partial charge on any atom is 0.147 e. The predicted octanol–water partition coefficient (Wildman–Crippen LogP) is 7.03. The topological polar surface area (TPSA) is 18.5 Å². The number of hydrogen-bond donors (Lipinski definition) is 0. The zero-order chi connectivity index (χ0) is 25.0. The van der Waals surface area contributed by atoms with E-state index in [-0.39, 0.29) is 0 Å². The van der Waals surface area contributed by atoms with Gasteiger partial charge in [-0.2, -0.15) is 6.07 Å². The van der Waals surface area contributed by atoms with Crippen molar-refractivity contribution in [1.29, 1.82) is 0 Å². The molecule has 0 unspecified atom stereocenters. The number of hydrogen-bond acceptors (Lipinski definition) is 2. The fourth-order valence-electron chi connectivity index (χ4n) is 3.49. The van der Waals surface area contributed by atoms with Crippen LogP contribution in [0, 0.1) is 6.07 Å². The first kappa shape index (κ1) is 26.4. The standard InChI is InChI=1S/C30H23O2P2.ClH.Ni/c1-5-16-27(17-6-1)33(28-18-7-2-8-19-28)31-25-14-13-15-26(24-25)32-34(29-20-9-3-10-21-29)30-22-11-4-12-23-30;;/h1-23H;1H;/q-1;;+1/p-1. The molecule has 0 atom stereocenters. The molecule has 0 radical (unpaired) electrons. The van der Waals surface area contributed by atoms with Gasteiger partial charge in [0.05, 0.1) is 0 Å². The molecule has 0 amide bonds. The Morgan fingerprint density at radius 3 is 0.972 bits per heavy atom. The molecule has 0 N–H and O–H groups in total. The van der Waals surface area contributed by atoms with Crippen LogP contribution in [-0.4, -0.2) is 0 Å². The van der Waals surface area contributed by atoms with Crippen molar-refractivity contribution in [3.05, 3.63) is 146 Å². The van der Waals surface area contributed by atoms with E-state index in [1.54, 1.807) is 0 Å². The summed E-state index contributed by atoms with van der Waals surface area (Å²) in [4.78, 5) is 0. The first-order chi connectivity index (χ1) is 17.9. The van der Waals surface area contributed by atoms with E-state index in [4.69, 9.17) is 9.05 Å². The van der Waals surface area contributed by atoms with Crippen LogP contribution < -0.4 is 30.3 Å². The SMILES string of the molecule is [Cl][Ni].[c-]1c(OP(c2ccccc2)c2ccccc2)cccc1OP(c1ccccc1)c1ccccc1. The van der Waals surface area contributed by atoms with Crippen LogP contribution >= 0.6 is 26.5 Å². The van der Waals surface area contributed by atoms with Crippen LogP contribution in [0.1, 0.15) is 0 Å². The van der Waals surface area contributed by atoms with Crippen molar-refractivity contribution in [2.45, 2.75) is 0 Å². The number of rotatable bonds is 8. The van der Waals surface area contributed by atoms with Crippen molar-refractivity contribution in [3.8, 4) is 11.5 Å². The van der Waals surface area contributed by atoms with Crippen LogP contribution in [0.3, 0.4) is 0 Å². The third-order valence-corrected chi connectivity index (χ3v) is 8.91. The van der Waals surface area contributed by atoms with Crippen molar-refractivity contribution in [3.63, 3.8) is 0 Å². The minimum Gasteiger partial charge on any atom is -0.490 e. The summed E-state index contributed by atoms with van der Waals surface area (Å²) in [6, 6.07) is 50.6. The second kappa shape index (κ2) is 14.2. The molecule has 0 aromatic heterocycles. The van der Waals surface area contributed by atoms with E-state index in [1.807, 2.05) is 91.0 Å². The van der Waals surface area contributed by atoms with Gasteiger partial charge in [-0.1, -0.05) is 127 Å². The Kier molecular flexibility index (Phi) is 10.4. The van der Waals surface area contributed by atoms with Crippen LogP contribution in [-0.2, 0) is 14.6 Å². The third kappa shape index (κ3) is 7.19. The first-order valence-corrected chi connectivity index (χ1v) is 15.1. The molecule has 0 fully saturated rings. The molecule has 5 rings (SSSR count). The Labute approximate surface area is 227 Å². The van der Waals surface area contributed by atoms with E-state index in [0.717, 1.165) is 21.2 Å². The molecule has 5 aromatic rings. The molecule has 6 heteroatoms. The monoisotopic (exact) mass is 570 g/mol. The zero-order valence-corrected chi connectivity index (χ0v) is 22.7. The Bertz CT molecular complexity index is 1130. The molecular formula is C30H23ClNiO2P2-. The normalized spacial score (nSPS) is 10.5. The van der Waals surface area contributed by atoms with Crippen molar-refractivity contribution in [2.24, 2.45) is 0 Å². The molecule has 0 spiro atoms. The van der Waals surface area contributed by atoms with Gasteiger partial charge in [0.1, 0.15) is 16.3 Å². The van der Waals surface area contributed by atoms with E-state index >= 15 is 0 Å². The smallest absolute Gasteiger partial charge is 0.147 e. The largest absolute Gasteiger partial charge is 0.490 e. The molecule has 0 aliphatic rings. The summed E-state index contributed by atoms with van der Waals surface area (Å²) in [7, 11) is 2.21. The minimum absolute atomic E-state index is 0.674. The molecule has 0 aliphatic heterocycles. The predicted molar refractivity (Wildman–Crippen MR) is 151 cm³/mol. The van der Waals surface area contributed by atoms with Crippen molar-refractivity contribution in [1.82, 2.24) is 0 Å². The van der Waals surface area contributed by atoms with E-state index in [2.05, 4.69) is 79.4 Å². The maximum atomic E-state index is 6.56. The van der Waals surface area contributed by atoms with Gasteiger partial charge in [0.15, 0.2) is 0 Å². The molecule has 0 saturated carbocycles. The van der Waals surface area contributed by atoms with Gasteiger partial charge in [0, 0.05) is 32.7 Å². The molecule has 5 aromatic carbocycles. The number of benzene rings is 5. The fourth-order valence-corrected chi connectivity index (χ4v) is 6.89. The summed E-state index contributed by atoms with van der Waals surface area (Å²) in [5, 5.41) is 4.61. The van der Waals surface area contributed by atoms with Gasteiger partial charge in [-0.3, -0.25) is 0 Å². The Morgan fingerprint density at radius 2 is 0.694 bits per heavy atom. The Balaban J connectivity index is 0.00000148. The van der Waals surface area contributed by atoms with Crippen LogP contribution in [0.4, 0.5) is 0 Å². The second-order valence-electron chi connectivity index (χ2n) is 7.49. The van der Waals surface area contributed by atoms with Crippen molar-refractivity contribution >= 4 is 47.7 Å². The van der Waals surface area contributed by atoms with E-state index < -0.39 is 16.3 Å². The Morgan fingerprint density at radius 1 is 0.417 bits per heavy atom. The van der Waals surface area contributed by atoms with E-state index in [9.17, 15) is 0 Å². The quantitative estimate of drug-likeness (QED) is 0.113. The molecule has 183 valence electrons. The average molecular weight is 572 g/mol. The molecule has 2 nitrogen and oxygen atoms in total. The van der Waals surface area contributed by atoms with Gasteiger partial charge >= 0.3 is 24.8 Å². The van der Waals surface area contributed by atoms with Gasteiger partial charge in [0.25, 0.3) is 0 Å². The number of halogens is 1. The molecule has 0 heterocycles. The van der Waals surface area contributed by atoms with Crippen molar-refractivity contribution in [2.75, 3.05) is 0 Å². The van der Waals surface area contributed by atoms with Crippen LogP contribution in [0.5, 0.6) is 11.5 Å². The third-order valence-electron chi connectivity index (χ3n) is 5.08. The molecule has 36 heavy (non-hydrogen) atoms. The second-order valence-corrected chi connectivity index (χ2v) is 11.1. The molecular weight excluding hydrogens is 548 g/mol. The van der Waals surface area contributed by atoms with Crippen LogP contribution in [0.2, 0.25) is 0 Å². The summed E-state index contributed by atoms with van der Waals surface area (Å²) in [5.74, 6) is 1.35. The summed E-state index contributed by atoms with van der Waals surface area (Å²) < 4.78 is 13.1. The van der Waals surface area contributed by atoms with Gasteiger partial charge < -0.3 is 9.05 Å². The van der Waals surface area contributed by atoms with Crippen LogP contribution in [0.25, 0.3) is 0 Å². The summed E-state index contributed by atoms with van der Waals surface area (Å²) >= 11 is 3.35. The van der Waals surface area contributed by atoms with Gasteiger partial charge in [-0.25, -0.2) is 0 Å². The molecule has 0 saturated heterocycles. The van der Waals surface area contributed by atoms with E-state index in [0.29, 0.717) is 11.5 Å². The van der Waals surface area contributed by atoms with Gasteiger partial charge in [-0.05, 0) is 0 Å². The van der Waals surface area contributed by atoms with Gasteiger partial charge in [0.2, 0.25) is 0 Å². The zero-order valence-electron chi connectivity index (χ0n) is 19.2. The average Bonchev–Trinajstić information content (AvgIpc) is 2.98. The summed E-state index contributed by atoms with van der Waals surface area (Å²) in [6.07, 6.45) is 0. The summed E-state index contributed by atoms with van der Waals surface area (Å²) in [6.45, 7) is 0. The first-order valence-electron chi connectivity index (χ1n) is 11.2.